The number of aromatic carboxylic acids is 1. The standard InChI is InChI=1S/C13H9NO7S/c15-10-7-8(13(16)17)5-6-12(10)22(20,21)11-4-2-1-3-9(11)14(18)19/h1-7,15H,(H,16,17). The smallest absolute Gasteiger partial charge is 0.335 e. The number of aromatic hydroxyl groups is 1. The number of benzene rings is 2. The van der Waals surface area contributed by atoms with Gasteiger partial charge >= 0.3 is 5.97 Å². The third kappa shape index (κ3) is 2.61. The minimum absolute atomic E-state index is 0.306. The Labute approximate surface area is 124 Å². The maximum atomic E-state index is 12.4. The van der Waals surface area contributed by atoms with Crippen LogP contribution in [-0.2, 0) is 9.84 Å². The number of para-hydroxylation sites is 1. The van der Waals surface area contributed by atoms with Crippen molar-refractivity contribution in [2.75, 3.05) is 0 Å². The van der Waals surface area contributed by atoms with Crippen molar-refractivity contribution in [1.29, 1.82) is 0 Å². The Morgan fingerprint density at radius 2 is 1.73 bits per heavy atom. The van der Waals surface area contributed by atoms with Gasteiger partial charge in [-0.3, -0.25) is 10.1 Å². The van der Waals surface area contributed by atoms with Crippen molar-refractivity contribution >= 4 is 21.5 Å². The van der Waals surface area contributed by atoms with Crippen LogP contribution < -0.4 is 0 Å². The molecule has 22 heavy (non-hydrogen) atoms. The summed E-state index contributed by atoms with van der Waals surface area (Å²) < 4.78 is 24.9. The maximum absolute atomic E-state index is 12.4. The maximum Gasteiger partial charge on any atom is 0.335 e. The fraction of sp³-hybridized carbons (Fsp3) is 0. The van der Waals surface area contributed by atoms with Gasteiger partial charge in [-0.15, -0.1) is 0 Å². The summed E-state index contributed by atoms with van der Waals surface area (Å²) in [5.41, 5.74) is -0.941. The lowest BCUT2D eigenvalue weighted by Crippen LogP contribution is -2.07. The molecule has 2 N–H and O–H groups in total. The Kier molecular flexibility index (Phi) is 3.83. The molecule has 0 saturated carbocycles. The molecule has 0 aliphatic carbocycles. The lowest BCUT2D eigenvalue weighted by atomic mass is 10.2. The van der Waals surface area contributed by atoms with Crippen molar-refractivity contribution in [1.82, 2.24) is 0 Å². The van der Waals surface area contributed by atoms with Crippen LogP contribution in [0.1, 0.15) is 10.4 Å². The second-order valence-electron chi connectivity index (χ2n) is 4.22. The fourth-order valence-corrected chi connectivity index (χ4v) is 3.33. The van der Waals surface area contributed by atoms with E-state index in [1.165, 1.54) is 12.1 Å². The fourth-order valence-electron chi connectivity index (χ4n) is 1.83. The number of nitro groups is 1. The third-order valence-corrected chi connectivity index (χ3v) is 4.70. The molecular weight excluding hydrogens is 314 g/mol. The number of rotatable bonds is 4. The largest absolute Gasteiger partial charge is 0.507 e. The van der Waals surface area contributed by atoms with E-state index in [0.29, 0.717) is 0 Å². The van der Waals surface area contributed by atoms with Crippen molar-refractivity contribution in [2.24, 2.45) is 0 Å². The summed E-state index contributed by atoms with van der Waals surface area (Å²) in [7, 11) is -4.37. The average molecular weight is 323 g/mol. The van der Waals surface area contributed by atoms with E-state index in [9.17, 15) is 28.4 Å². The molecule has 2 aromatic carbocycles. The third-order valence-electron chi connectivity index (χ3n) is 2.85. The van der Waals surface area contributed by atoms with E-state index in [0.717, 1.165) is 30.3 Å². The molecule has 8 nitrogen and oxygen atoms in total. The van der Waals surface area contributed by atoms with Crippen LogP contribution in [-0.4, -0.2) is 29.5 Å². The molecule has 0 atom stereocenters. The van der Waals surface area contributed by atoms with Gasteiger partial charge in [-0.2, -0.15) is 0 Å². The SMILES string of the molecule is O=C(O)c1ccc(S(=O)(=O)c2ccccc2[N+](=O)[O-])c(O)c1. The van der Waals surface area contributed by atoms with Gasteiger partial charge < -0.3 is 10.2 Å². The lowest BCUT2D eigenvalue weighted by molar-refractivity contribution is -0.387. The van der Waals surface area contributed by atoms with Crippen LogP contribution in [0.2, 0.25) is 0 Å². The molecule has 114 valence electrons. The predicted octanol–water partition coefficient (Wildman–Crippen LogP) is 1.83. The van der Waals surface area contributed by atoms with E-state index >= 15 is 0 Å². The second-order valence-corrected chi connectivity index (χ2v) is 6.10. The zero-order chi connectivity index (χ0) is 16.5. The molecule has 2 aromatic rings. The molecule has 0 aliphatic rings. The minimum Gasteiger partial charge on any atom is -0.507 e. The zero-order valence-corrected chi connectivity index (χ0v) is 11.6. The number of sulfone groups is 1. The van der Waals surface area contributed by atoms with Gasteiger partial charge in [0.1, 0.15) is 15.5 Å². The first-order valence-electron chi connectivity index (χ1n) is 5.80. The first-order chi connectivity index (χ1) is 10.2. The summed E-state index contributed by atoms with van der Waals surface area (Å²) in [6.45, 7) is 0. The quantitative estimate of drug-likeness (QED) is 0.647. The second kappa shape index (κ2) is 5.45. The van der Waals surface area contributed by atoms with Crippen molar-refractivity contribution in [3.8, 4) is 5.75 Å². The molecule has 9 heteroatoms. The van der Waals surface area contributed by atoms with Crippen LogP contribution in [0.3, 0.4) is 0 Å². The van der Waals surface area contributed by atoms with Gasteiger partial charge in [-0.1, -0.05) is 12.1 Å². The molecule has 0 bridgehead atoms. The average Bonchev–Trinajstić information content (AvgIpc) is 2.46. The Morgan fingerprint density at radius 3 is 2.27 bits per heavy atom. The summed E-state index contributed by atoms with van der Waals surface area (Å²) in [6, 6.07) is 7.33. The normalized spacial score (nSPS) is 11.1. The number of hydrogen-bond donors (Lipinski definition) is 2. The molecule has 2 rings (SSSR count). The van der Waals surface area contributed by atoms with Crippen LogP contribution in [0.15, 0.2) is 52.3 Å². The Balaban J connectivity index is 2.67. The van der Waals surface area contributed by atoms with Gasteiger partial charge in [0.2, 0.25) is 9.84 Å². The topological polar surface area (TPSA) is 135 Å². The number of carbonyl (C=O) groups is 1. The van der Waals surface area contributed by atoms with E-state index in [4.69, 9.17) is 5.11 Å². The molecule has 0 radical (unpaired) electrons. The van der Waals surface area contributed by atoms with Gasteiger partial charge in [0.15, 0.2) is 0 Å². The number of hydrogen-bond acceptors (Lipinski definition) is 6. The Bertz CT molecular complexity index is 874. The number of nitro benzene ring substituents is 1. The van der Waals surface area contributed by atoms with Crippen molar-refractivity contribution in [3.05, 3.63) is 58.1 Å². The highest BCUT2D eigenvalue weighted by molar-refractivity contribution is 7.91. The highest BCUT2D eigenvalue weighted by Gasteiger charge is 2.29. The number of carboxylic acid groups (broad SMARTS) is 1. The number of carboxylic acids is 1. The molecular formula is C13H9NO7S. The van der Waals surface area contributed by atoms with Crippen LogP contribution in [0, 0.1) is 10.1 Å². The van der Waals surface area contributed by atoms with Crippen molar-refractivity contribution in [2.45, 2.75) is 9.79 Å². The van der Waals surface area contributed by atoms with E-state index < -0.39 is 42.0 Å². The molecule has 0 unspecified atom stereocenters. The minimum atomic E-state index is -4.37. The zero-order valence-electron chi connectivity index (χ0n) is 10.8. The number of phenols is 1. The summed E-state index contributed by atoms with van der Waals surface area (Å²) in [6.07, 6.45) is 0. The van der Waals surface area contributed by atoms with E-state index in [2.05, 4.69) is 0 Å². The van der Waals surface area contributed by atoms with Crippen LogP contribution in [0.4, 0.5) is 5.69 Å². The van der Waals surface area contributed by atoms with Gasteiger partial charge in [-0.25, -0.2) is 13.2 Å². The summed E-state index contributed by atoms with van der Waals surface area (Å²) >= 11 is 0. The Hall–Kier alpha value is -2.94. The highest BCUT2D eigenvalue weighted by atomic mass is 32.2. The van der Waals surface area contributed by atoms with Crippen LogP contribution >= 0.6 is 0 Å². The van der Waals surface area contributed by atoms with Gasteiger partial charge in [0.25, 0.3) is 5.69 Å². The molecule has 0 aromatic heterocycles. The van der Waals surface area contributed by atoms with Gasteiger partial charge in [0.05, 0.1) is 10.5 Å². The molecule has 0 saturated heterocycles. The molecule has 0 heterocycles. The first-order valence-corrected chi connectivity index (χ1v) is 7.28. The predicted molar refractivity (Wildman–Crippen MR) is 73.6 cm³/mol. The van der Waals surface area contributed by atoms with E-state index in [1.54, 1.807) is 0 Å². The number of phenolic OH excluding ortho intramolecular Hbond substituents is 1. The lowest BCUT2D eigenvalue weighted by Gasteiger charge is -2.08. The van der Waals surface area contributed by atoms with Crippen molar-refractivity contribution in [3.63, 3.8) is 0 Å². The van der Waals surface area contributed by atoms with Crippen molar-refractivity contribution < 1.29 is 28.3 Å². The van der Waals surface area contributed by atoms with Crippen LogP contribution in [0.5, 0.6) is 5.75 Å². The number of nitrogens with zero attached hydrogens (tertiary/aromatic N) is 1. The Morgan fingerprint density at radius 1 is 1.09 bits per heavy atom. The summed E-state index contributed by atoms with van der Waals surface area (Å²) in [5, 5.41) is 29.5. The van der Waals surface area contributed by atoms with Crippen LogP contribution in [0.25, 0.3) is 0 Å². The van der Waals surface area contributed by atoms with Gasteiger partial charge in [-0.05, 0) is 24.3 Å². The van der Waals surface area contributed by atoms with E-state index in [1.807, 2.05) is 0 Å². The highest BCUT2D eigenvalue weighted by Crippen LogP contribution is 2.33. The van der Waals surface area contributed by atoms with E-state index in [-0.39, 0.29) is 5.56 Å². The summed E-state index contributed by atoms with van der Waals surface area (Å²) in [4.78, 5) is 19.7. The molecule has 0 amide bonds. The molecule has 0 aliphatic heterocycles. The van der Waals surface area contributed by atoms with Gasteiger partial charge in [0, 0.05) is 6.07 Å². The monoisotopic (exact) mass is 323 g/mol. The molecule has 0 spiro atoms. The summed E-state index contributed by atoms with van der Waals surface area (Å²) in [5.74, 6) is -2.14. The first kappa shape index (κ1) is 15.4. The molecule has 0 fully saturated rings.